The van der Waals surface area contributed by atoms with E-state index in [0.717, 1.165) is 48.9 Å². The molecule has 1 saturated heterocycles. The van der Waals surface area contributed by atoms with Crippen LogP contribution in [0.2, 0.25) is 0 Å². The van der Waals surface area contributed by atoms with Crippen LogP contribution in [-0.2, 0) is 11.2 Å². The highest BCUT2D eigenvalue weighted by Crippen LogP contribution is 2.28. The van der Waals surface area contributed by atoms with Gasteiger partial charge < -0.3 is 19.9 Å². The van der Waals surface area contributed by atoms with E-state index in [1.807, 2.05) is 60.5 Å². The topological polar surface area (TPSA) is 83.5 Å². The van der Waals surface area contributed by atoms with E-state index >= 15 is 0 Å². The number of aromatic nitrogens is 3. The number of anilines is 3. The number of benzene rings is 1. The molecule has 32 heavy (non-hydrogen) atoms. The molecular weight excluding hydrogens is 404 g/mol. The summed E-state index contributed by atoms with van der Waals surface area (Å²) >= 11 is 0. The molecule has 1 aromatic carbocycles. The van der Waals surface area contributed by atoms with Crippen LogP contribution in [0.4, 0.5) is 17.5 Å². The molecule has 2 aliphatic rings. The first kappa shape index (κ1) is 20.2. The first-order chi connectivity index (χ1) is 15.7. The smallest absolute Gasteiger partial charge is 0.263 e. The fourth-order valence-electron chi connectivity index (χ4n) is 4.09. The molecule has 0 bridgehead atoms. The molecule has 8 nitrogen and oxygen atoms in total. The predicted molar refractivity (Wildman–Crippen MR) is 122 cm³/mol. The van der Waals surface area contributed by atoms with E-state index in [-0.39, 0.29) is 5.91 Å². The molecular formula is C24H26N6O2. The maximum Gasteiger partial charge on any atom is 0.263 e. The van der Waals surface area contributed by atoms with Crippen molar-refractivity contribution in [3.63, 3.8) is 0 Å². The van der Waals surface area contributed by atoms with Crippen LogP contribution in [0.25, 0.3) is 0 Å². The average molecular weight is 431 g/mol. The molecule has 2 aliphatic heterocycles. The predicted octanol–water partition coefficient (Wildman–Crippen LogP) is 2.97. The van der Waals surface area contributed by atoms with Crippen LogP contribution in [0.1, 0.15) is 17.5 Å². The highest BCUT2D eigenvalue weighted by Gasteiger charge is 2.31. The SMILES string of the molecule is Cc1ccc(Nc2ccc(N3CCN(C(=O)C4CCc5ccccc5O4)CC3)nn2)nc1. The van der Waals surface area contributed by atoms with E-state index in [1.165, 1.54) is 5.56 Å². The van der Waals surface area contributed by atoms with Crippen LogP contribution in [0.3, 0.4) is 0 Å². The van der Waals surface area contributed by atoms with Crippen LogP contribution in [0, 0.1) is 6.92 Å². The molecule has 0 radical (unpaired) electrons. The Morgan fingerprint density at radius 2 is 1.81 bits per heavy atom. The number of ether oxygens (including phenoxy) is 1. The summed E-state index contributed by atoms with van der Waals surface area (Å²) in [4.78, 5) is 21.4. The number of para-hydroxylation sites is 1. The van der Waals surface area contributed by atoms with Crippen LogP contribution in [0.5, 0.6) is 5.75 Å². The normalized spacial score (nSPS) is 18.0. The molecule has 2 aromatic heterocycles. The Morgan fingerprint density at radius 1 is 1.00 bits per heavy atom. The minimum absolute atomic E-state index is 0.0791. The molecule has 4 heterocycles. The Morgan fingerprint density at radius 3 is 2.56 bits per heavy atom. The first-order valence-electron chi connectivity index (χ1n) is 11.0. The molecule has 1 unspecified atom stereocenters. The van der Waals surface area contributed by atoms with E-state index in [2.05, 4.69) is 31.5 Å². The monoisotopic (exact) mass is 430 g/mol. The molecule has 0 aliphatic carbocycles. The van der Waals surface area contributed by atoms with Crippen LogP contribution in [-0.4, -0.2) is 58.3 Å². The third-order valence-electron chi connectivity index (χ3n) is 5.93. The van der Waals surface area contributed by atoms with Gasteiger partial charge in [-0.3, -0.25) is 4.79 Å². The lowest BCUT2D eigenvalue weighted by atomic mass is 10.0. The highest BCUT2D eigenvalue weighted by molar-refractivity contribution is 5.82. The number of carbonyl (C=O) groups is 1. The zero-order valence-electron chi connectivity index (χ0n) is 18.1. The van der Waals surface area contributed by atoms with Gasteiger partial charge in [-0.15, -0.1) is 10.2 Å². The van der Waals surface area contributed by atoms with Gasteiger partial charge in [-0.25, -0.2) is 4.98 Å². The highest BCUT2D eigenvalue weighted by atomic mass is 16.5. The fraction of sp³-hybridized carbons (Fsp3) is 0.333. The molecule has 1 atom stereocenters. The van der Waals surface area contributed by atoms with Gasteiger partial charge in [-0.05, 0) is 55.2 Å². The molecule has 3 aromatic rings. The largest absolute Gasteiger partial charge is 0.480 e. The zero-order chi connectivity index (χ0) is 21.9. The Kier molecular flexibility index (Phi) is 5.58. The number of hydrogen-bond acceptors (Lipinski definition) is 7. The summed E-state index contributed by atoms with van der Waals surface area (Å²) in [5, 5.41) is 11.8. The van der Waals surface area contributed by atoms with E-state index in [9.17, 15) is 4.79 Å². The van der Waals surface area contributed by atoms with E-state index < -0.39 is 6.10 Å². The van der Waals surface area contributed by atoms with Crippen LogP contribution < -0.4 is 15.0 Å². The Labute approximate surface area is 187 Å². The number of carbonyl (C=O) groups excluding carboxylic acids is 1. The Bertz CT molecular complexity index is 1080. The average Bonchev–Trinajstić information content (AvgIpc) is 2.85. The summed E-state index contributed by atoms with van der Waals surface area (Å²) in [6.45, 7) is 4.73. The number of rotatable bonds is 4. The van der Waals surface area contributed by atoms with Crippen LogP contribution in [0.15, 0.2) is 54.7 Å². The second-order valence-corrected chi connectivity index (χ2v) is 8.19. The Balaban J connectivity index is 1.15. The van der Waals surface area contributed by atoms with E-state index in [1.54, 1.807) is 0 Å². The molecule has 8 heteroatoms. The lowest BCUT2D eigenvalue weighted by Gasteiger charge is -2.37. The quantitative estimate of drug-likeness (QED) is 0.681. The molecule has 0 spiro atoms. The number of piperazine rings is 1. The van der Waals surface area contributed by atoms with Gasteiger partial charge in [-0.2, -0.15) is 0 Å². The number of fused-ring (bicyclic) bond motifs is 1. The van der Waals surface area contributed by atoms with Crippen molar-refractivity contribution < 1.29 is 9.53 Å². The van der Waals surface area contributed by atoms with Gasteiger partial charge in [0.1, 0.15) is 11.6 Å². The Hall–Kier alpha value is -3.68. The number of nitrogens with zero attached hydrogens (tertiary/aromatic N) is 5. The number of hydrogen-bond donors (Lipinski definition) is 1. The zero-order valence-corrected chi connectivity index (χ0v) is 18.1. The van der Waals surface area contributed by atoms with Gasteiger partial charge in [0.25, 0.3) is 5.91 Å². The summed E-state index contributed by atoms with van der Waals surface area (Å²) in [6, 6.07) is 15.7. The van der Waals surface area contributed by atoms with Gasteiger partial charge in [0.05, 0.1) is 0 Å². The van der Waals surface area contributed by atoms with Gasteiger partial charge in [-0.1, -0.05) is 24.3 Å². The fourth-order valence-corrected chi connectivity index (χ4v) is 4.09. The molecule has 1 N–H and O–H groups in total. The van der Waals surface area contributed by atoms with Gasteiger partial charge in [0.2, 0.25) is 0 Å². The summed E-state index contributed by atoms with van der Waals surface area (Å²) < 4.78 is 5.99. The van der Waals surface area contributed by atoms with Crippen molar-refractivity contribution in [2.24, 2.45) is 0 Å². The summed E-state index contributed by atoms with van der Waals surface area (Å²) in [7, 11) is 0. The number of amides is 1. The summed E-state index contributed by atoms with van der Waals surface area (Å²) in [5.74, 6) is 3.10. The lowest BCUT2D eigenvalue weighted by molar-refractivity contribution is -0.139. The number of pyridine rings is 1. The minimum atomic E-state index is -0.392. The maximum atomic E-state index is 13.0. The third-order valence-corrected chi connectivity index (χ3v) is 5.93. The van der Waals surface area contributed by atoms with Crippen molar-refractivity contribution in [3.8, 4) is 5.75 Å². The lowest BCUT2D eigenvalue weighted by Crippen LogP contribution is -2.53. The molecule has 1 fully saturated rings. The van der Waals surface area contributed by atoms with E-state index in [4.69, 9.17) is 4.74 Å². The van der Waals surface area contributed by atoms with Crippen molar-refractivity contribution in [1.29, 1.82) is 0 Å². The van der Waals surface area contributed by atoms with E-state index in [0.29, 0.717) is 18.9 Å². The summed E-state index contributed by atoms with van der Waals surface area (Å²) in [6.07, 6.45) is 3.02. The van der Waals surface area contributed by atoms with Crippen molar-refractivity contribution in [2.45, 2.75) is 25.9 Å². The minimum Gasteiger partial charge on any atom is -0.480 e. The molecule has 1 amide bonds. The number of nitrogens with one attached hydrogen (secondary N) is 1. The van der Waals surface area contributed by atoms with Gasteiger partial charge in [0, 0.05) is 32.4 Å². The number of aryl methyl sites for hydroxylation is 2. The van der Waals surface area contributed by atoms with Crippen molar-refractivity contribution in [1.82, 2.24) is 20.1 Å². The second-order valence-electron chi connectivity index (χ2n) is 8.19. The maximum absolute atomic E-state index is 13.0. The summed E-state index contributed by atoms with van der Waals surface area (Å²) in [5.41, 5.74) is 2.28. The van der Waals surface area contributed by atoms with Crippen LogP contribution >= 0.6 is 0 Å². The first-order valence-corrected chi connectivity index (χ1v) is 11.0. The van der Waals surface area contributed by atoms with Crippen molar-refractivity contribution in [2.75, 3.05) is 36.4 Å². The standard InChI is InChI=1S/C24H26N6O2/c1-17-6-9-21(25-16-17)26-22-10-11-23(28-27-22)29-12-14-30(15-13-29)24(31)20-8-7-18-4-2-3-5-19(18)32-20/h2-6,9-11,16,20H,7-8,12-15H2,1H3,(H,25,26,27). The molecule has 5 rings (SSSR count). The molecule has 0 saturated carbocycles. The van der Waals surface area contributed by atoms with Crippen molar-refractivity contribution >= 4 is 23.4 Å². The third kappa shape index (κ3) is 4.34. The van der Waals surface area contributed by atoms with Crippen molar-refractivity contribution in [3.05, 3.63) is 65.9 Å². The van der Waals surface area contributed by atoms with Gasteiger partial charge >= 0.3 is 0 Å². The second kappa shape index (κ2) is 8.82. The molecule has 164 valence electrons. The van der Waals surface area contributed by atoms with Gasteiger partial charge in [0.15, 0.2) is 17.7 Å².